The van der Waals surface area contributed by atoms with Gasteiger partial charge in [-0.25, -0.2) is 9.78 Å². The molecule has 3 rings (SSSR count). The number of carboxylic acids is 1. The molecule has 0 bridgehead atoms. The molecule has 26 heavy (non-hydrogen) atoms. The molecule has 0 saturated carbocycles. The van der Waals surface area contributed by atoms with E-state index in [1.807, 2.05) is 0 Å². The number of oxime groups is 1. The number of nitrogens with two attached hydrogens (primary N) is 1. The van der Waals surface area contributed by atoms with Crippen molar-refractivity contribution in [1.29, 1.82) is 0 Å². The van der Waals surface area contributed by atoms with Crippen molar-refractivity contribution in [1.82, 2.24) is 15.2 Å². The number of carbonyl (C=O) groups excluding carboxylic acids is 2. The summed E-state index contributed by atoms with van der Waals surface area (Å²) < 4.78 is 0. The number of nitrogens with zero attached hydrogens (tertiary/aromatic N) is 3. The summed E-state index contributed by atoms with van der Waals surface area (Å²) in [7, 11) is 1.28. The van der Waals surface area contributed by atoms with E-state index in [9.17, 15) is 14.4 Å². The number of aliphatic carboxylic acids is 1. The number of carboxylic acid groups (broad SMARTS) is 1. The van der Waals surface area contributed by atoms with E-state index in [-0.39, 0.29) is 75.0 Å². The van der Waals surface area contributed by atoms with Crippen LogP contribution in [0, 0.1) is 0 Å². The average molecular weight is 424 g/mol. The molecule has 3 heterocycles. The van der Waals surface area contributed by atoms with Crippen LogP contribution in [0.2, 0.25) is 0 Å². The fourth-order valence-corrected chi connectivity index (χ4v) is 4.18. The first-order chi connectivity index (χ1) is 11.9. The van der Waals surface area contributed by atoms with E-state index < -0.39 is 29.2 Å². The number of thiazole rings is 1. The van der Waals surface area contributed by atoms with E-state index in [1.165, 1.54) is 24.9 Å². The molecular weight excluding hydrogens is 409 g/mol. The summed E-state index contributed by atoms with van der Waals surface area (Å²) >= 11 is 2.49. The fraction of sp³-hybridized carbons (Fsp3) is 0.308. The zero-order chi connectivity index (χ0) is 18.1. The Morgan fingerprint density at radius 1 is 1.58 bits per heavy atom. The van der Waals surface area contributed by atoms with E-state index in [0.29, 0.717) is 5.75 Å². The first-order valence-corrected chi connectivity index (χ1v) is 8.88. The second kappa shape index (κ2) is 8.82. The number of anilines is 1. The van der Waals surface area contributed by atoms with Crippen molar-refractivity contribution in [3.05, 3.63) is 22.8 Å². The molecule has 1 aromatic rings. The van der Waals surface area contributed by atoms with Gasteiger partial charge in [0.25, 0.3) is 11.8 Å². The number of fused-ring (bicyclic) bond motifs is 1. The van der Waals surface area contributed by atoms with Crippen LogP contribution >= 0.6 is 23.1 Å². The minimum atomic E-state index is -1.18. The van der Waals surface area contributed by atoms with E-state index >= 15 is 0 Å². The van der Waals surface area contributed by atoms with Gasteiger partial charge in [0, 0.05) is 11.1 Å². The Hall–Kier alpha value is -0.964. The van der Waals surface area contributed by atoms with Crippen LogP contribution in [0.5, 0.6) is 0 Å². The molecule has 0 aromatic carbocycles. The molecule has 0 radical (unpaired) electrons. The predicted octanol–water partition coefficient (Wildman–Crippen LogP) is -3.44. The Kier molecular flexibility index (Phi) is 7.24. The number of rotatable bonds is 5. The fourth-order valence-electron chi connectivity index (χ4n) is 2.44. The van der Waals surface area contributed by atoms with Gasteiger partial charge in [-0.05, 0) is 6.08 Å². The van der Waals surface area contributed by atoms with Gasteiger partial charge in [0.05, 0.1) is 0 Å². The number of nitrogens with one attached hydrogen (secondary N) is 1. The van der Waals surface area contributed by atoms with Gasteiger partial charge in [-0.1, -0.05) is 5.16 Å². The number of thioether (sulfide) groups is 1. The van der Waals surface area contributed by atoms with Crippen LogP contribution in [-0.2, 0) is 19.2 Å². The zero-order valence-electron chi connectivity index (χ0n) is 14.8. The number of nitrogen functional groups attached to an aromatic ring is 1. The third-order valence-electron chi connectivity index (χ3n) is 3.51. The number of hydrogen-bond acceptors (Lipinski definition) is 9. The van der Waals surface area contributed by atoms with Crippen molar-refractivity contribution >= 4 is 51.7 Å². The van der Waals surface area contributed by atoms with Gasteiger partial charge in [0.15, 0.2) is 10.8 Å². The maximum absolute atomic E-state index is 12.5. The molecule has 2 aliphatic heterocycles. The van der Waals surface area contributed by atoms with Crippen LogP contribution in [0.15, 0.2) is 22.3 Å². The first-order valence-electron chi connectivity index (χ1n) is 6.95. The Balaban J connectivity index is 0.00000182. The van der Waals surface area contributed by atoms with Crippen LogP contribution < -0.4 is 62.4 Å². The molecule has 2 aliphatic rings. The summed E-state index contributed by atoms with van der Waals surface area (Å²) in [5, 5.41) is 16.7. The van der Waals surface area contributed by atoms with E-state index in [0.717, 1.165) is 16.2 Å². The molecule has 0 aliphatic carbocycles. The van der Waals surface area contributed by atoms with E-state index in [2.05, 4.69) is 20.3 Å². The summed E-state index contributed by atoms with van der Waals surface area (Å²) in [6.07, 6.45) is 1.47. The van der Waals surface area contributed by atoms with Crippen LogP contribution in [-0.4, -0.2) is 62.8 Å². The normalized spacial score (nSPS) is 21.7. The minimum Gasteiger partial charge on any atom is -1.00 e. The van der Waals surface area contributed by atoms with E-state index in [4.69, 9.17) is 10.8 Å². The van der Waals surface area contributed by atoms with Gasteiger partial charge in [0.1, 0.15) is 29.9 Å². The number of β-lactam (4-membered cyclic amide) rings is 1. The number of carbonyl (C=O) groups is 3. The van der Waals surface area contributed by atoms with E-state index in [1.54, 1.807) is 5.38 Å². The maximum atomic E-state index is 12.5. The molecule has 13 heteroatoms. The van der Waals surface area contributed by atoms with Gasteiger partial charge in [-0.15, -0.1) is 23.1 Å². The molecule has 0 unspecified atom stereocenters. The molecule has 1 fully saturated rings. The quantitative estimate of drug-likeness (QED) is 0.192. The zero-order valence-corrected chi connectivity index (χ0v) is 18.6. The number of hydrogen-bond donors (Lipinski definition) is 3. The molecule has 1 aromatic heterocycles. The third-order valence-corrected chi connectivity index (χ3v) is 5.37. The van der Waals surface area contributed by atoms with Crippen molar-refractivity contribution in [2.24, 2.45) is 5.16 Å². The second-order valence-corrected chi connectivity index (χ2v) is 7.01. The summed E-state index contributed by atoms with van der Waals surface area (Å²) in [5.74, 6) is -1.89. The van der Waals surface area contributed by atoms with Crippen molar-refractivity contribution in [2.75, 3.05) is 18.6 Å². The molecule has 134 valence electrons. The molecule has 1 saturated heterocycles. The van der Waals surface area contributed by atoms with Gasteiger partial charge in [-0.2, -0.15) is 0 Å². The molecular formula is C13H14KN5O5S2. The Bertz CT molecular complexity index is 817. The Labute approximate surface area is 200 Å². The largest absolute Gasteiger partial charge is 1.00 e. The summed E-state index contributed by atoms with van der Waals surface area (Å²) in [4.78, 5) is 45.7. The molecule has 2 atom stereocenters. The first kappa shape index (κ1) is 21.3. The maximum Gasteiger partial charge on any atom is 1.00 e. The topological polar surface area (TPSA) is 147 Å². The summed E-state index contributed by atoms with van der Waals surface area (Å²) in [5.41, 5.74) is 5.60. The number of aromatic nitrogens is 1. The van der Waals surface area contributed by atoms with Gasteiger partial charge >= 0.3 is 57.4 Å². The van der Waals surface area contributed by atoms with Crippen molar-refractivity contribution in [3.63, 3.8) is 0 Å². The molecule has 0 spiro atoms. The average Bonchev–Trinajstić information content (AvgIpc) is 3.02. The van der Waals surface area contributed by atoms with Gasteiger partial charge in [0.2, 0.25) is 0 Å². The van der Waals surface area contributed by atoms with Crippen LogP contribution in [0.4, 0.5) is 5.13 Å². The monoisotopic (exact) mass is 423 g/mol. The molecule has 4 N–H and O–H groups in total. The Morgan fingerprint density at radius 3 is 2.88 bits per heavy atom. The van der Waals surface area contributed by atoms with Crippen LogP contribution in [0.3, 0.4) is 0 Å². The smallest absolute Gasteiger partial charge is 1.00 e. The third kappa shape index (κ3) is 3.98. The van der Waals surface area contributed by atoms with Gasteiger partial charge < -0.3 is 22.4 Å². The predicted molar refractivity (Wildman–Crippen MR) is 91.9 cm³/mol. The Morgan fingerprint density at radius 2 is 2.31 bits per heavy atom. The molecule has 10 nitrogen and oxygen atoms in total. The standard InChI is InChI=1S/C13H13N5O5S2.K.H/c1-23-17-7(5-4-25-13(14)15-5)9(19)16-8-10(20)18-6(12(21)22)2-3-24-11(8)18;;/h2,4,8,11H,3H2,1H3,(H2,14,15)(H,16,19)(H,21,22);;/q;+1;-1/b17-7-;;/t8-,11-;;/m1../s1. The van der Waals surface area contributed by atoms with Crippen molar-refractivity contribution < 1.29 is 77.1 Å². The summed E-state index contributed by atoms with van der Waals surface area (Å²) in [6.45, 7) is 0. The molecule has 2 amide bonds. The number of amides is 2. The van der Waals surface area contributed by atoms with Gasteiger partial charge in [-0.3, -0.25) is 14.5 Å². The van der Waals surface area contributed by atoms with Crippen LogP contribution in [0.25, 0.3) is 0 Å². The summed E-state index contributed by atoms with van der Waals surface area (Å²) in [6, 6.07) is -0.849. The van der Waals surface area contributed by atoms with Crippen LogP contribution in [0.1, 0.15) is 7.12 Å². The van der Waals surface area contributed by atoms with Crippen molar-refractivity contribution in [2.45, 2.75) is 11.4 Å². The second-order valence-electron chi connectivity index (χ2n) is 4.97. The van der Waals surface area contributed by atoms with Crippen molar-refractivity contribution in [3.8, 4) is 0 Å². The SMILES string of the molecule is CO/N=C(\C(=O)N[C@@H]1C(=O)N2C(C(=O)O)=CCS[C@H]12)c1csc(N)n1.[H-].[K+]. The minimum absolute atomic E-state index is 0.